The second kappa shape index (κ2) is 10.00. The van der Waals surface area contributed by atoms with Crippen molar-refractivity contribution in [1.29, 1.82) is 0 Å². The van der Waals surface area contributed by atoms with Crippen molar-refractivity contribution in [3.63, 3.8) is 0 Å². The fraction of sp³-hybridized carbons (Fsp3) is 0.556. The fourth-order valence-corrected chi connectivity index (χ4v) is 3.49. The van der Waals surface area contributed by atoms with E-state index in [1.54, 1.807) is 23.1 Å². The summed E-state index contributed by atoms with van der Waals surface area (Å²) in [6.45, 7) is 2.83. The molecule has 0 unspecified atom stereocenters. The van der Waals surface area contributed by atoms with E-state index >= 15 is 0 Å². The maximum Gasteiger partial charge on any atom is 0.238 e. The van der Waals surface area contributed by atoms with Crippen molar-refractivity contribution in [2.75, 3.05) is 25.0 Å². The van der Waals surface area contributed by atoms with Crippen molar-refractivity contribution < 1.29 is 9.59 Å². The highest BCUT2D eigenvalue weighted by Crippen LogP contribution is 2.29. The van der Waals surface area contributed by atoms with Gasteiger partial charge in [-0.15, -0.1) is 0 Å². The zero-order chi connectivity index (χ0) is 18.2. The Morgan fingerprint density at radius 2 is 1.68 bits per heavy atom. The number of halogens is 2. The van der Waals surface area contributed by atoms with E-state index in [0.29, 0.717) is 22.3 Å². The lowest BCUT2D eigenvalue weighted by Gasteiger charge is -2.25. The standard InChI is InChI=1S/C18H25Cl2N3O2/c1-2-23(11-16(24)21-13-7-4-3-5-8-13)12-17(25)22-18-14(19)9-6-10-15(18)20/h6,9-10,13H,2-5,7-8,11-12H2,1H3,(H,21,24)(H,22,25). The lowest BCUT2D eigenvalue weighted by atomic mass is 9.95. The molecule has 0 bridgehead atoms. The Labute approximate surface area is 159 Å². The minimum Gasteiger partial charge on any atom is -0.352 e. The fourth-order valence-electron chi connectivity index (χ4n) is 3.00. The summed E-state index contributed by atoms with van der Waals surface area (Å²) in [5.74, 6) is -0.278. The molecule has 7 heteroatoms. The van der Waals surface area contributed by atoms with E-state index in [9.17, 15) is 9.59 Å². The van der Waals surface area contributed by atoms with Gasteiger partial charge < -0.3 is 10.6 Å². The molecule has 1 aromatic rings. The van der Waals surface area contributed by atoms with Gasteiger partial charge in [-0.25, -0.2) is 0 Å². The van der Waals surface area contributed by atoms with Gasteiger partial charge >= 0.3 is 0 Å². The van der Waals surface area contributed by atoms with Gasteiger partial charge in [0, 0.05) is 6.04 Å². The Morgan fingerprint density at radius 1 is 1.08 bits per heavy atom. The first kappa shape index (κ1) is 20.0. The molecule has 138 valence electrons. The number of carbonyl (C=O) groups is 2. The third kappa shape index (κ3) is 6.49. The smallest absolute Gasteiger partial charge is 0.238 e. The van der Waals surface area contributed by atoms with Crippen molar-refractivity contribution >= 4 is 40.7 Å². The van der Waals surface area contributed by atoms with Crippen LogP contribution in [0, 0.1) is 0 Å². The van der Waals surface area contributed by atoms with E-state index in [0.717, 1.165) is 12.8 Å². The van der Waals surface area contributed by atoms with Crippen molar-refractivity contribution in [2.24, 2.45) is 0 Å². The van der Waals surface area contributed by atoms with Gasteiger partial charge in [0.1, 0.15) is 0 Å². The van der Waals surface area contributed by atoms with Gasteiger partial charge in [0.2, 0.25) is 11.8 Å². The van der Waals surface area contributed by atoms with E-state index in [-0.39, 0.29) is 30.9 Å². The quantitative estimate of drug-likeness (QED) is 0.751. The molecule has 0 heterocycles. The number of nitrogens with zero attached hydrogens (tertiary/aromatic N) is 1. The Morgan fingerprint density at radius 3 is 2.28 bits per heavy atom. The van der Waals surface area contributed by atoms with Crippen molar-refractivity contribution in [3.05, 3.63) is 28.2 Å². The molecule has 1 aromatic carbocycles. The molecule has 5 nitrogen and oxygen atoms in total. The minimum absolute atomic E-state index is 0.0303. The van der Waals surface area contributed by atoms with E-state index < -0.39 is 0 Å². The summed E-state index contributed by atoms with van der Waals surface area (Å²) < 4.78 is 0. The number of benzene rings is 1. The third-order valence-electron chi connectivity index (χ3n) is 4.38. The number of amides is 2. The van der Waals surface area contributed by atoms with Crippen LogP contribution in [0.15, 0.2) is 18.2 Å². The van der Waals surface area contributed by atoms with Gasteiger partial charge in [-0.05, 0) is 31.5 Å². The average Bonchev–Trinajstić information content (AvgIpc) is 2.58. The van der Waals surface area contributed by atoms with Gasteiger partial charge in [0.15, 0.2) is 0 Å². The van der Waals surface area contributed by atoms with Crippen LogP contribution in [0.1, 0.15) is 39.0 Å². The Kier molecular flexibility index (Phi) is 8.00. The summed E-state index contributed by atoms with van der Waals surface area (Å²) in [5, 5.41) is 6.57. The van der Waals surface area contributed by atoms with Crippen LogP contribution in [0.5, 0.6) is 0 Å². The molecule has 1 saturated carbocycles. The number of likely N-dealkylation sites (N-methyl/N-ethyl adjacent to an activating group) is 1. The summed E-state index contributed by atoms with van der Waals surface area (Å²) in [6.07, 6.45) is 5.68. The minimum atomic E-state index is -0.248. The van der Waals surface area contributed by atoms with Crippen LogP contribution in [0.2, 0.25) is 10.0 Å². The van der Waals surface area contributed by atoms with Crippen LogP contribution in [0.3, 0.4) is 0 Å². The van der Waals surface area contributed by atoms with Crippen LogP contribution in [0.4, 0.5) is 5.69 Å². The maximum atomic E-state index is 12.3. The molecule has 0 aliphatic heterocycles. The highest BCUT2D eigenvalue weighted by atomic mass is 35.5. The number of carbonyl (C=O) groups excluding carboxylic acids is 2. The second-order valence-electron chi connectivity index (χ2n) is 6.35. The predicted octanol–water partition coefficient (Wildman–Crippen LogP) is 3.70. The van der Waals surface area contributed by atoms with E-state index in [4.69, 9.17) is 23.2 Å². The van der Waals surface area contributed by atoms with Gasteiger partial charge in [0.25, 0.3) is 0 Å². The van der Waals surface area contributed by atoms with E-state index in [1.165, 1.54) is 19.3 Å². The predicted molar refractivity (Wildman–Crippen MR) is 102 cm³/mol. The monoisotopic (exact) mass is 385 g/mol. The van der Waals surface area contributed by atoms with Crippen LogP contribution < -0.4 is 10.6 Å². The largest absolute Gasteiger partial charge is 0.352 e. The summed E-state index contributed by atoms with van der Waals surface area (Å²) in [5.41, 5.74) is 0.401. The molecule has 0 spiro atoms. The maximum absolute atomic E-state index is 12.3. The number of nitrogens with one attached hydrogen (secondary N) is 2. The van der Waals surface area contributed by atoms with Gasteiger partial charge in [0.05, 0.1) is 28.8 Å². The summed E-state index contributed by atoms with van der Waals surface area (Å²) in [6, 6.07) is 5.32. The molecule has 0 atom stereocenters. The number of hydrogen-bond acceptors (Lipinski definition) is 3. The molecule has 0 saturated heterocycles. The number of hydrogen-bond donors (Lipinski definition) is 2. The van der Waals surface area contributed by atoms with Crippen molar-refractivity contribution in [1.82, 2.24) is 10.2 Å². The molecule has 1 aliphatic carbocycles. The summed E-state index contributed by atoms with van der Waals surface area (Å²) in [7, 11) is 0. The van der Waals surface area contributed by atoms with E-state index in [1.807, 2.05) is 6.92 Å². The first-order valence-corrected chi connectivity index (χ1v) is 9.50. The molecule has 2 amide bonds. The molecular weight excluding hydrogens is 361 g/mol. The summed E-state index contributed by atoms with van der Waals surface area (Å²) >= 11 is 12.1. The number of anilines is 1. The topological polar surface area (TPSA) is 61.4 Å². The summed E-state index contributed by atoms with van der Waals surface area (Å²) in [4.78, 5) is 26.2. The number of para-hydroxylation sites is 1. The molecule has 2 N–H and O–H groups in total. The van der Waals surface area contributed by atoms with Gasteiger partial charge in [-0.1, -0.05) is 55.5 Å². The molecule has 1 fully saturated rings. The Balaban J connectivity index is 1.83. The van der Waals surface area contributed by atoms with Crippen LogP contribution >= 0.6 is 23.2 Å². The van der Waals surface area contributed by atoms with Crippen LogP contribution in [-0.2, 0) is 9.59 Å². The highest BCUT2D eigenvalue weighted by molar-refractivity contribution is 6.39. The lowest BCUT2D eigenvalue weighted by Crippen LogP contribution is -2.44. The SMILES string of the molecule is CCN(CC(=O)Nc1c(Cl)cccc1Cl)CC(=O)NC1CCCCC1. The molecule has 25 heavy (non-hydrogen) atoms. The average molecular weight is 386 g/mol. The highest BCUT2D eigenvalue weighted by Gasteiger charge is 2.19. The van der Waals surface area contributed by atoms with Crippen LogP contribution in [-0.4, -0.2) is 42.4 Å². The Bertz CT molecular complexity index is 584. The Hall–Kier alpha value is -1.30. The normalized spacial score (nSPS) is 15.2. The van der Waals surface area contributed by atoms with Crippen molar-refractivity contribution in [3.8, 4) is 0 Å². The zero-order valence-electron chi connectivity index (χ0n) is 14.5. The molecule has 1 aliphatic rings. The van der Waals surface area contributed by atoms with Gasteiger partial charge in [-0.2, -0.15) is 0 Å². The molecule has 2 rings (SSSR count). The second-order valence-corrected chi connectivity index (χ2v) is 7.16. The first-order valence-electron chi connectivity index (χ1n) is 8.75. The first-order chi connectivity index (χ1) is 12.0. The van der Waals surface area contributed by atoms with E-state index in [2.05, 4.69) is 10.6 Å². The van der Waals surface area contributed by atoms with Gasteiger partial charge in [-0.3, -0.25) is 14.5 Å². The van der Waals surface area contributed by atoms with Crippen molar-refractivity contribution in [2.45, 2.75) is 45.1 Å². The van der Waals surface area contributed by atoms with Crippen LogP contribution in [0.25, 0.3) is 0 Å². The molecular formula is C18H25Cl2N3O2. The zero-order valence-corrected chi connectivity index (χ0v) is 16.0. The number of rotatable bonds is 7. The molecule has 0 radical (unpaired) electrons. The lowest BCUT2D eigenvalue weighted by molar-refractivity contribution is -0.124. The third-order valence-corrected chi connectivity index (χ3v) is 5.01. The molecule has 0 aromatic heterocycles.